The van der Waals surface area contributed by atoms with Crippen molar-refractivity contribution in [3.63, 3.8) is 0 Å². The Labute approximate surface area is 360 Å². The molecule has 1 heterocycles. The molecule has 0 unspecified atom stereocenters. The number of amides is 5. The van der Waals surface area contributed by atoms with E-state index in [2.05, 4.69) is 36.6 Å². The average molecular weight is 854 g/mol. The Morgan fingerprint density at radius 2 is 1.48 bits per heavy atom. The number of carbonyl (C=O) groups is 6. The minimum atomic E-state index is -1.26. The van der Waals surface area contributed by atoms with Crippen molar-refractivity contribution in [2.24, 2.45) is 17.8 Å². The van der Waals surface area contributed by atoms with Crippen molar-refractivity contribution in [2.45, 2.75) is 174 Å². The average Bonchev–Trinajstić information content (AvgIpc) is 3.73. The summed E-state index contributed by atoms with van der Waals surface area (Å²) >= 11 is 0. The Morgan fingerprint density at radius 3 is 2.07 bits per heavy atom. The lowest BCUT2D eigenvalue weighted by atomic mass is 9.82. The number of hydrogen-bond donors (Lipinski definition) is 8. The molecule has 1 aliphatic carbocycles. The van der Waals surface area contributed by atoms with Crippen molar-refractivity contribution in [3.8, 4) is 0 Å². The predicted octanol–water partition coefficient (Wildman–Crippen LogP) is 4.71. The van der Waals surface area contributed by atoms with E-state index in [0.29, 0.717) is 37.8 Å². The van der Waals surface area contributed by atoms with E-state index in [1.807, 2.05) is 44.2 Å². The number of nitrogens with one attached hydrogen (secondary N) is 6. The third kappa shape index (κ3) is 17.9. The number of hydrogen-bond acceptors (Lipinski definition) is 9. The number of aromatic nitrogens is 2. The molecule has 8 N–H and O–H groups in total. The number of carbonyl (C=O) groups excluding carboxylic acids is 5. The van der Waals surface area contributed by atoms with Crippen LogP contribution in [0.1, 0.15) is 130 Å². The third-order valence-corrected chi connectivity index (χ3v) is 11.3. The van der Waals surface area contributed by atoms with Gasteiger partial charge in [0.25, 0.3) is 0 Å². The van der Waals surface area contributed by atoms with Gasteiger partial charge in [-0.05, 0) is 70.3 Å². The van der Waals surface area contributed by atoms with E-state index in [4.69, 9.17) is 4.74 Å². The highest BCUT2D eigenvalue weighted by molar-refractivity contribution is 5.92. The summed E-state index contributed by atoms with van der Waals surface area (Å²) in [6.45, 7) is 12.4. The molecule has 0 spiro atoms. The van der Waals surface area contributed by atoms with Gasteiger partial charge in [-0.25, -0.2) is 14.6 Å². The second-order valence-corrected chi connectivity index (χ2v) is 17.7. The first-order chi connectivity index (χ1) is 28.9. The van der Waals surface area contributed by atoms with E-state index in [9.17, 15) is 39.0 Å². The fraction of sp³-hybridized carbons (Fsp3) is 0.667. The van der Waals surface area contributed by atoms with Gasteiger partial charge in [0, 0.05) is 24.2 Å². The molecule has 1 aromatic heterocycles. The Morgan fingerprint density at radius 1 is 0.836 bits per heavy atom. The van der Waals surface area contributed by atoms with Crippen molar-refractivity contribution >= 4 is 35.7 Å². The Kier molecular flexibility index (Phi) is 20.7. The number of aliphatic carboxylic acids is 1. The molecule has 340 valence electrons. The SMILES string of the molecule is CCC[C@H](NC(=O)[C@H](CCc1ccccc1)NC(=O)OC(C)(C)C)C(=O)N[C@@H](CC1CCCCC1)[C@@H](O)C[C@@H](C)C(=O)N[C@H](C(=O)N[C@@H](Cc1cnc[nH]1)C(=O)O)[C@@H](C)CC. The number of H-pyrrole nitrogens is 1. The van der Waals surface area contributed by atoms with E-state index in [-0.39, 0.29) is 31.1 Å². The van der Waals surface area contributed by atoms with Crippen LogP contribution in [0.4, 0.5) is 4.79 Å². The van der Waals surface area contributed by atoms with Crippen LogP contribution in [0.5, 0.6) is 0 Å². The quantitative estimate of drug-likeness (QED) is 0.0724. The van der Waals surface area contributed by atoms with E-state index in [0.717, 1.165) is 37.7 Å². The van der Waals surface area contributed by atoms with Gasteiger partial charge in [-0.1, -0.05) is 103 Å². The van der Waals surface area contributed by atoms with Gasteiger partial charge in [-0.2, -0.15) is 0 Å². The largest absolute Gasteiger partial charge is 0.480 e. The number of aryl methyl sites for hydroxylation is 1. The van der Waals surface area contributed by atoms with Crippen molar-refractivity contribution in [1.82, 2.24) is 36.6 Å². The van der Waals surface area contributed by atoms with Crippen molar-refractivity contribution in [3.05, 3.63) is 54.1 Å². The van der Waals surface area contributed by atoms with Gasteiger partial charge in [0.2, 0.25) is 23.6 Å². The predicted molar refractivity (Wildman–Crippen MR) is 231 cm³/mol. The molecule has 0 bridgehead atoms. The number of carboxylic acids is 1. The molecule has 2 aromatic rings. The molecule has 16 nitrogen and oxygen atoms in total. The van der Waals surface area contributed by atoms with E-state index < -0.39 is 83.5 Å². The molecule has 1 aliphatic rings. The van der Waals surface area contributed by atoms with Gasteiger partial charge >= 0.3 is 12.1 Å². The lowest BCUT2D eigenvalue weighted by Crippen LogP contribution is -2.57. The fourth-order valence-electron chi connectivity index (χ4n) is 7.59. The summed E-state index contributed by atoms with van der Waals surface area (Å²) in [4.78, 5) is 86.8. The number of carboxylic acid groups (broad SMARTS) is 1. The van der Waals surface area contributed by atoms with Crippen LogP contribution in [0.15, 0.2) is 42.9 Å². The number of benzene rings is 1. The van der Waals surface area contributed by atoms with Gasteiger partial charge in [0.05, 0.1) is 18.5 Å². The second kappa shape index (κ2) is 25.1. The smallest absolute Gasteiger partial charge is 0.408 e. The summed E-state index contributed by atoms with van der Waals surface area (Å²) in [7, 11) is 0. The number of rotatable bonds is 24. The highest BCUT2D eigenvalue weighted by Gasteiger charge is 2.35. The van der Waals surface area contributed by atoms with Crippen LogP contribution < -0.4 is 26.6 Å². The van der Waals surface area contributed by atoms with Crippen LogP contribution in [-0.2, 0) is 41.6 Å². The van der Waals surface area contributed by atoms with Gasteiger partial charge in [0.1, 0.15) is 29.8 Å². The Hall–Kier alpha value is -4.99. The maximum atomic E-state index is 14.1. The first-order valence-corrected chi connectivity index (χ1v) is 22.0. The molecule has 1 saturated carbocycles. The molecule has 1 aromatic carbocycles. The number of aromatic amines is 1. The van der Waals surface area contributed by atoms with Crippen LogP contribution in [0, 0.1) is 17.8 Å². The molecule has 3 rings (SSSR count). The minimum absolute atomic E-state index is 0.0282. The molecule has 0 radical (unpaired) electrons. The minimum Gasteiger partial charge on any atom is -0.480 e. The number of aliphatic hydroxyl groups is 1. The van der Waals surface area contributed by atoms with E-state index >= 15 is 0 Å². The van der Waals surface area contributed by atoms with Crippen LogP contribution in [-0.4, -0.2) is 97.8 Å². The third-order valence-electron chi connectivity index (χ3n) is 11.3. The zero-order chi connectivity index (χ0) is 45.1. The summed E-state index contributed by atoms with van der Waals surface area (Å²) in [5.41, 5.74) is 0.706. The lowest BCUT2D eigenvalue weighted by Gasteiger charge is -2.33. The molecule has 8 atom stereocenters. The number of imidazole rings is 1. The standard InChI is InChI=1S/C45H71N7O9/c1-8-16-33(48-41(56)34(51-44(60)61-45(5,6)7)22-21-30-17-12-10-13-18-30)40(55)49-35(24-31-19-14-11-15-20-31)37(53)23-29(4)39(54)52-38(28(3)9-2)42(57)50-36(43(58)59)25-32-26-46-27-47-32/h10,12-13,17-18,26-29,31,33-38,53H,8-9,11,14-16,19-25H2,1-7H3,(H,46,47)(H,48,56)(H,49,55)(H,50,57)(H,51,60)(H,52,54)(H,58,59)/t28-,29+,33-,34-,35-,36-,37-,38-/m0/s1. The summed E-state index contributed by atoms with van der Waals surface area (Å²) < 4.78 is 5.45. The normalized spacial score (nSPS) is 17.2. The summed E-state index contributed by atoms with van der Waals surface area (Å²) in [6, 6.07) is 4.52. The fourth-order valence-corrected chi connectivity index (χ4v) is 7.59. The summed E-state index contributed by atoms with van der Waals surface area (Å²) in [5.74, 6) is -4.31. The number of nitrogens with zero attached hydrogens (tertiary/aromatic N) is 1. The van der Waals surface area contributed by atoms with Gasteiger partial charge < -0.3 is 46.5 Å². The molecule has 16 heteroatoms. The number of alkyl carbamates (subject to hydrolysis) is 1. The molecule has 1 fully saturated rings. The lowest BCUT2D eigenvalue weighted by molar-refractivity contribution is -0.142. The first kappa shape index (κ1) is 50.4. The molecule has 0 aliphatic heterocycles. The molecule has 5 amide bonds. The monoisotopic (exact) mass is 854 g/mol. The van der Waals surface area contributed by atoms with Crippen LogP contribution in [0.25, 0.3) is 0 Å². The second-order valence-electron chi connectivity index (χ2n) is 17.7. The zero-order valence-corrected chi connectivity index (χ0v) is 37.1. The molecular weight excluding hydrogens is 783 g/mol. The van der Waals surface area contributed by atoms with Crippen molar-refractivity contribution in [1.29, 1.82) is 0 Å². The molecule has 0 saturated heterocycles. The summed E-state index contributed by atoms with van der Waals surface area (Å²) in [6.07, 6.45) is 8.55. The maximum Gasteiger partial charge on any atom is 0.408 e. The van der Waals surface area contributed by atoms with Crippen LogP contribution in [0.2, 0.25) is 0 Å². The Bertz CT molecular complexity index is 1680. The zero-order valence-electron chi connectivity index (χ0n) is 37.1. The summed E-state index contributed by atoms with van der Waals surface area (Å²) in [5, 5.41) is 35.5. The molecule has 61 heavy (non-hydrogen) atoms. The van der Waals surface area contributed by atoms with Gasteiger partial charge in [0.15, 0.2) is 0 Å². The van der Waals surface area contributed by atoms with E-state index in [1.165, 1.54) is 12.5 Å². The van der Waals surface area contributed by atoms with Crippen LogP contribution >= 0.6 is 0 Å². The Balaban J connectivity index is 1.75. The van der Waals surface area contributed by atoms with Crippen molar-refractivity contribution in [2.75, 3.05) is 0 Å². The highest BCUT2D eigenvalue weighted by Crippen LogP contribution is 2.29. The topological polar surface area (TPSA) is 241 Å². The molecular formula is C45H71N7O9. The van der Waals surface area contributed by atoms with Crippen LogP contribution in [0.3, 0.4) is 0 Å². The van der Waals surface area contributed by atoms with Gasteiger partial charge in [-0.15, -0.1) is 0 Å². The van der Waals surface area contributed by atoms with Crippen molar-refractivity contribution < 1.29 is 43.7 Å². The number of aliphatic hydroxyl groups excluding tert-OH is 1. The highest BCUT2D eigenvalue weighted by atomic mass is 16.6. The first-order valence-electron chi connectivity index (χ1n) is 22.0. The number of ether oxygens (including phenoxy) is 1. The van der Waals surface area contributed by atoms with E-state index in [1.54, 1.807) is 34.6 Å². The maximum absolute atomic E-state index is 14.1. The van der Waals surface area contributed by atoms with Gasteiger partial charge in [-0.3, -0.25) is 19.2 Å².